The van der Waals surface area contributed by atoms with E-state index in [0.29, 0.717) is 5.41 Å². The van der Waals surface area contributed by atoms with E-state index in [0.717, 1.165) is 19.0 Å². The van der Waals surface area contributed by atoms with E-state index < -0.39 is 0 Å². The van der Waals surface area contributed by atoms with Gasteiger partial charge in [-0.3, -0.25) is 0 Å². The van der Waals surface area contributed by atoms with Gasteiger partial charge >= 0.3 is 0 Å². The molecule has 0 amide bonds. The molecule has 0 aliphatic heterocycles. The molecule has 1 heterocycles. The zero-order valence-corrected chi connectivity index (χ0v) is 11.3. The van der Waals surface area contributed by atoms with Gasteiger partial charge in [0.1, 0.15) is 0 Å². The molecule has 0 spiro atoms. The van der Waals surface area contributed by atoms with Crippen LogP contribution in [0.25, 0.3) is 10.9 Å². The third-order valence-electron chi connectivity index (χ3n) is 4.54. The van der Waals surface area contributed by atoms with Gasteiger partial charge in [0.15, 0.2) is 0 Å². The Morgan fingerprint density at radius 3 is 2.83 bits per heavy atom. The highest BCUT2D eigenvalue weighted by atomic mass is 14.9. The second kappa shape index (κ2) is 4.43. The van der Waals surface area contributed by atoms with E-state index in [1.807, 2.05) is 6.20 Å². The third kappa shape index (κ3) is 2.17. The fraction of sp³-hybridized carbons (Fsp3) is 0.500. The van der Waals surface area contributed by atoms with Gasteiger partial charge in [0.25, 0.3) is 0 Å². The molecule has 3 rings (SSSR count). The fourth-order valence-corrected chi connectivity index (χ4v) is 2.79. The van der Waals surface area contributed by atoms with Gasteiger partial charge in [-0.15, -0.1) is 0 Å². The van der Waals surface area contributed by atoms with Crippen LogP contribution < -0.4 is 5.32 Å². The topological polar surface area (TPSA) is 27.8 Å². The van der Waals surface area contributed by atoms with Gasteiger partial charge in [-0.05, 0) is 53.3 Å². The first-order chi connectivity index (χ1) is 8.70. The molecule has 0 saturated heterocycles. The molecule has 2 aromatic rings. The monoisotopic (exact) mass is 242 g/mol. The summed E-state index contributed by atoms with van der Waals surface area (Å²) in [5.41, 5.74) is 3.19. The van der Waals surface area contributed by atoms with E-state index in [4.69, 9.17) is 0 Å². The maximum Gasteiger partial charge on any atom is 0.0454 e. The van der Waals surface area contributed by atoms with E-state index in [9.17, 15) is 0 Å². The van der Waals surface area contributed by atoms with E-state index in [2.05, 4.69) is 48.4 Å². The van der Waals surface area contributed by atoms with Crippen molar-refractivity contribution in [3.8, 4) is 0 Å². The molecule has 1 aliphatic carbocycles. The standard InChI is InChI=1S/C16H22N2/c1-12(2)16(6-7-16)11-17-10-13-3-4-15-14(9-13)5-8-18-15/h3-5,8-9,12,17-18H,6-7,10-11H2,1-2H3. The summed E-state index contributed by atoms with van der Waals surface area (Å²) in [6.45, 7) is 6.84. The molecule has 0 radical (unpaired) electrons. The molecular weight excluding hydrogens is 220 g/mol. The molecule has 1 aromatic carbocycles. The Morgan fingerprint density at radius 2 is 2.11 bits per heavy atom. The highest BCUT2D eigenvalue weighted by molar-refractivity contribution is 5.79. The van der Waals surface area contributed by atoms with E-state index in [1.54, 1.807) is 0 Å². The lowest BCUT2D eigenvalue weighted by Crippen LogP contribution is -2.27. The second-order valence-corrected chi connectivity index (χ2v) is 6.02. The van der Waals surface area contributed by atoms with E-state index >= 15 is 0 Å². The Morgan fingerprint density at radius 1 is 1.28 bits per heavy atom. The van der Waals surface area contributed by atoms with Crippen LogP contribution in [-0.2, 0) is 6.54 Å². The first-order valence-electron chi connectivity index (χ1n) is 6.96. The summed E-state index contributed by atoms with van der Waals surface area (Å²) in [4.78, 5) is 3.23. The van der Waals surface area contributed by atoms with Crippen molar-refractivity contribution in [2.24, 2.45) is 11.3 Å². The number of nitrogens with one attached hydrogen (secondary N) is 2. The first kappa shape index (κ1) is 11.8. The van der Waals surface area contributed by atoms with Crippen LogP contribution in [0.4, 0.5) is 0 Å². The Bertz CT molecular complexity index is 535. The quantitative estimate of drug-likeness (QED) is 0.822. The molecule has 0 atom stereocenters. The lowest BCUT2D eigenvalue weighted by molar-refractivity contribution is 0.338. The zero-order chi connectivity index (χ0) is 12.6. The lowest BCUT2D eigenvalue weighted by Gasteiger charge is -2.20. The molecule has 1 fully saturated rings. The predicted octanol–water partition coefficient (Wildman–Crippen LogP) is 3.69. The van der Waals surface area contributed by atoms with Crippen LogP contribution in [-0.4, -0.2) is 11.5 Å². The molecule has 2 N–H and O–H groups in total. The normalized spacial score (nSPS) is 17.5. The van der Waals surface area contributed by atoms with E-state index in [1.165, 1.54) is 29.3 Å². The first-order valence-corrected chi connectivity index (χ1v) is 6.96. The van der Waals surface area contributed by atoms with Crippen LogP contribution >= 0.6 is 0 Å². The average molecular weight is 242 g/mol. The van der Waals surface area contributed by atoms with Gasteiger partial charge in [-0.2, -0.15) is 0 Å². The molecule has 18 heavy (non-hydrogen) atoms. The number of fused-ring (bicyclic) bond motifs is 1. The minimum absolute atomic E-state index is 0.595. The molecule has 0 unspecified atom stereocenters. The van der Waals surface area contributed by atoms with Crippen LogP contribution in [0, 0.1) is 11.3 Å². The largest absolute Gasteiger partial charge is 0.361 e. The van der Waals surface area contributed by atoms with Gasteiger partial charge in [-0.1, -0.05) is 19.9 Å². The molecular formula is C16H22N2. The van der Waals surface area contributed by atoms with Crippen LogP contribution in [0.2, 0.25) is 0 Å². The van der Waals surface area contributed by atoms with Crippen molar-refractivity contribution in [2.45, 2.75) is 33.2 Å². The van der Waals surface area contributed by atoms with Gasteiger partial charge in [-0.25, -0.2) is 0 Å². The number of aromatic amines is 1. The number of H-pyrrole nitrogens is 1. The van der Waals surface area contributed by atoms with Gasteiger partial charge in [0, 0.05) is 24.8 Å². The summed E-state index contributed by atoms with van der Waals surface area (Å²) in [6.07, 6.45) is 4.79. The Labute approximate surface area is 109 Å². The fourth-order valence-electron chi connectivity index (χ4n) is 2.79. The highest BCUT2D eigenvalue weighted by Gasteiger charge is 2.44. The van der Waals surface area contributed by atoms with Crippen LogP contribution in [0.15, 0.2) is 30.5 Å². The maximum atomic E-state index is 3.63. The molecule has 2 nitrogen and oxygen atoms in total. The molecule has 1 aromatic heterocycles. The predicted molar refractivity (Wildman–Crippen MR) is 76.5 cm³/mol. The SMILES string of the molecule is CC(C)C1(CNCc2ccc3[nH]ccc3c2)CC1. The van der Waals surface area contributed by atoms with Crippen molar-refractivity contribution < 1.29 is 0 Å². The van der Waals surface area contributed by atoms with E-state index in [-0.39, 0.29) is 0 Å². The molecule has 1 saturated carbocycles. The van der Waals surface area contributed by atoms with Gasteiger partial charge in [0.2, 0.25) is 0 Å². The summed E-state index contributed by atoms with van der Waals surface area (Å²) in [5.74, 6) is 0.803. The van der Waals surface area contributed by atoms with Crippen molar-refractivity contribution in [3.63, 3.8) is 0 Å². The molecule has 0 bridgehead atoms. The zero-order valence-electron chi connectivity index (χ0n) is 11.3. The number of hydrogen-bond acceptors (Lipinski definition) is 1. The lowest BCUT2D eigenvalue weighted by atomic mass is 9.92. The summed E-state index contributed by atoms with van der Waals surface area (Å²) >= 11 is 0. The number of benzene rings is 1. The molecule has 2 heteroatoms. The summed E-state index contributed by atoms with van der Waals surface area (Å²) in [6, 6.07) is 8.78. The van der Waals surface area contributed by atoms with Gasteiger partial charge in [0.05, 0.1) is 0 Å². The van der Waals surface area contributed by atoms with Crippen molar-refractivity contribution >= 4 is 10.9 Å². The number of aromatic nitrogens is 1. The Balaban J connectivity index is 1.60. The van der Waals surface area contributed by atoms with Crippen LogP contribution in [0.5, 0.6) is 0 Å². The molecule has 1 aliphatic rings. The smallest absolute Gasteiger partial charge is 0.0454 e. The summed E-state index contributed by atoms with van der Waals surface area (Å²) in [5, 5.41) is 4.94. The van der Waals surface area contributed by atoms with Crippen molar-refractivity contribution in [1.29, 1.82) is 0 Å². The number of hydrogen-bond donors (Lipinski definition) is 2. The average Bonchev–Trinajstić information content (AvgIpc) is 3.00. The summed E-state index contributed by atoms with van der Waals surface area (Å²) in [7, 11) is 0. The summed E-state index contributed by atoms with van der Waals surface area (Å²) < 4.78 is 0. The molecule has 96 valence electrons. The second-order valence-electron chi connectivity index (χ2n) is 6.02. The Hall–Kier alpha value is -1.28. The number of rotatable bonds is 5. The Kier molecular flexibility index (Phi) is 2.90. The minimum Gasteiger partial charge on any atom is -0.361 e. The highest BCUT2D eigenvalue weighted by Crippen LogP contribution is 2.51. The van der Waals surface area contributed by atoms with Crippen molar-refractivity contribution in [3.05, 3.63) is 36.0 Å². The third-order valence-corrected chi connectivity index (χ3v) is 4.54. The van der Waals surface area contributed by atoms with Crippen LogP contribution in [0.1, 0.15) is 32.3 Å². The van der Waals surface area contributed by atoms with Crippen molar-refractivity contribution in [2.75, 3.05) is 6.54 Å². The maximum absolute atomic E-state index is 3.63. The van der Waals surface area contributed by atoms with Crippen molar-refractivity contribution in [1.82, 2.24) is 10.3 Å². The van der Waals surface area contributed by atoms with Gasteiger partial charge < -0.3 is 10.3 Å². The minimum atomic E-state index is 0.595. The van der Waals surface area contributed by atoms with Crippen LogP contribution in [0.3, 0.4) is 0 Å².